The van der Waals surface area contributed by atoms with Gasteiger partial charge < -0.3 is 15.1 Å². The number of nitrogens with one attached hydrogen (secondary N) is 2. The molecule has 0 radical (unpaired) electrons. The molecule has 7 nitrogen and oxygen atoms in total. The lowest BCUT2D eigenvalue weighted by molar-refractivity contribution is -0.118. The molecule has 2 aromatic carbocycles. The lowest BCUT2D eigenvalue weighted by atomic mass is 9.92. The number of hydrogen-bond donors (Lipinski definition) is 2. The van der Waals surface area contributed by atoms with Crippen LogP contribution < -0.4 is 10.6 Å². The van der Waals surface area contributed by atoms with Crippen molar-refractivity contribution in [3.05, 3.63) is 102 Å². The molecule has 2 heterocycles. The molecule has 180 valence electrons. The third kappa shape index (κ3) is 5.69. The van der Waals surface area contributed by atoms with Gasteiger partial charge in [0, 0.05) is 17.9 Å². The molecule has 0 saturated heterocycles. The monoisotopic (exact) mass is 470 g/mol. The van der Waals surface area contributed by atoms with E-state index in [1.54, 1.807) is 16.8 Å². The first-order valence-corrected chi connectivity index (χ1v) is 11.6. The third-order valence-corrected chi connectivity index (χ3v) is 5.72. The zero-order valence-electron chi connectivity index (χ0n) is 20.4. The zero-order valence-corrected chi connectivity index (χ0v) is 20.4. The molecule has 7 heteroatoms. The second-order valence-electron chi connectivity index (χ2n) is 9.55. The third-order valence-electron chi connectivity index (χ3n) is 5.72. The molecule has 4 rings (SSSR count). The van der Waals surface area contributed by atoms with Crippen LogP contribution in [0.5, 0.6) is 0 Å². The van der Waals surface area contributed by atoms with E-state index in [-0.39, 0.29) is 17.1 Å². The summed E-state index contributed by atoms with van der Waals surface area (Å²) in [5, 5.41) is 10.6. The summed E-state index contributed by atoms with van der Waals surface area (Å²) in [5.41, 5.74) is 3.45. The van der Waals surface area contributed by atoms with Crippen molar-refractivity contribution >= 4 is 17.6 Å². The molecule has 0 spiro atoms. The molecule has 1 atom stereocenters. The van der Waals surface area contributed by atoms with Gasteiger partial charge in [-0.15, -0.1) is 0 Å². The summed E-state index contributed by atoms with van der Waals surface area (Å²) < 4.78 is 6.97. The first-order chi connectivity index (χ1) is 16.7. The number of carbonyl (C=O) groups is 2. The fourth-order valence-corrected chi connectivity index (χ4v) is 3.73. The van der Waals surface area contributed by atoms with Gasteiger partial charge in [0.2, 0.25) is 5.91 Å². The fourth-order valence-electron chi connectivity index (χ4n) is 3.73. The Hall–Kier alpha value is -4.13. The van der Waals surface area contributed by atoms with Gasteiger partial charge in [0.1, 0.15) is 11.9 Å². The van der Waals surface area contributed by atoms with Gasteiger partial charge in [0.25, 0.3) is 5.91 Å². The largest absolute Gasteiger partial charge is 0.459 e. The van der Waals surface area contributed by atoms with Gasteiger partial charge in [-0.1, -0.05) is 69.3 Å². The predicted molar refractivity (Wildman–Crippen MR) is 136 cm³/mol. The highest BCUT2D eigenvalue weighted by Crippen LogP contribution is 2.27. The fraction of sp³-hybridized carbons (Fsp3) is 0.250. The van der Waals surface area contributed by atoms with Crippen molar-refractivity contribution in [3.8, 4) is 5.69 Å². The molecule has 0 saturated carbocycles. The number of aromatic nitrogens is 2. The Labute approximate surface area is 205 Å². The molecule has 0 fully saturated rings. The molecule has 0 aliphatic heterocycles. The maximum absolute atomic E-state index is 13.6. The smallest absolute Gasteiger partial charge is 0.287 e. The van der Waals surface area contributed by atoms with E-state index in [0.29, 0.717) is 12.2 Å². The SMILES string of the molecule is Cc1ccccc1-n1nc(C(C)(C)C)cc1NC(=O)C(Cc1ccccc1)NC(=O)c1ccco1. The van der Waals surface area contributed by atoms with Gasteiger partial charge in [-0.25, -0.2) is 4.68 Å². The van der Waals surface area contributed by atoms with E-state index in [1.165, 1.54) is 6.26 Å². The Kier molecular flexibility index (Phi) is 6.87. The number of nitrogens with zero attached hydrogens (tertiary/aromatic N) is 2. The van der Waals surface area contributed by atoms with Crippen molar-refractivity contribution in [3.63, 3.8) is 0 Å². The number of furan rings is 1. The van der Waals surface area contributed by atoms with Crippen LogP contribution in [-0.4, -0.2) is 27.6 Å². The lowest BCUT2D eigenvalue weighted by Gasteiger charge is -2.19. The molecular formula is C28H30N4O3. The van der Waals surface area contributed by atoms with Crippen LogP contribution in [0.25, 0.3) is 5.69 Å². The molecule has 35 heavy (non-hydrogen) atoms. The number of rotatable bonds is 7. The summed E-state index contributed by atoms with van der Waals surface area (Å²) in [6.45, 7) is 8.22. The topological polar surface area (TPSA) is 89.2 Å². The normalized spacial score (nSPS) is 12.2. The molecule has 0 aliphatic carbocycles. The second kappa shape index (κ2) is 10.0. The molecule has 2 aromatic heterocycles. The summed E-state index contributed by atoms with van der Waals surface area (Å²) in [6, 6.07) is 21.7. The average molecular weight is 471 g/mol. The van der Waals surface area contributed by atoms with E-state index in [1.807, 2.05) is 67.6 Å². The standard InChI is InChI=1S/C28H30N4O3/c1-19-11-8-9-14-22(19)32-25(18-24(31-32)28(2,3)4)30-26(33)21(17-20-12-6-5-7-13-20)29-27(34)23-15-10-16-35-23/h5-16,18,21H,17H2,1-4H3,(H,29,34)(H,30,33). The van der Waals surface area contributed by atoms with Crippen LogP contribution in [0, 0.1) is 6.92 Å². The van der Waals surface area contributed by atoms with Crippen molar-refractivity contribution in [1.29, 1.82) is 0 Å². The van der Waals surface area contributed by atoms with E-state index in [0.717, 1.165) is 22.5 Å². The summed E-state index contributed by atoms with van der Waals surface area (Å²) in [5.74, 6) is -0.104. The van der Waals surface area contributed by atoms with E-state index >= 15 is 0 Å². The Balaban J connectivity index is 1.66. The highest BCUT2D eigenvalue weighted by Gasteiger charge is 2.26. The highest BCUT2D eigenvalue weighted by atomic mass is 16.3. The Morgan fingerprint density at radius 1 is 1.00 bits per heavy atom. The maximum Gasteiger partial charge on any atom is 0.287 e. The van der Waals surface area contributed by atoms with Gasteiger partial charge in [0.15, 0.2) is 5.76 Å². The number of para-hydroxylation sites is 1. The van der Waals surface area contributed by atoms with Gasteiger partial charge in [-0.3, -0.25) is 9.59 Å². The van der Waals surface area contributed by atoms with Crippen LogP contribution in [-0.2, 0) is 16.6 Å². The number of amides is 2. The molecule has 1 unspecified atom stereocenters. The molecule has 2 amide bonds. The summed E-state index contributed by atoms with van der Waals surface area (Å²) >= 11 is 0. The van der Waals surface area contributed by atoms with Crippen molar-refractivity contribution in [2.24, 2.45) is 0 Å². The summed E-state index contributed by atoms with van der Waals surface area (Å²) in [4.78, 5) is 26.3. The first kappa shape index (κ1) is 24.0. The molecule has 2 N–H and O–H groups in total. The minimum Gasteiger partial charge on any atom is -0.459 e. The predicted octanol–water partition coefficient (Wildman–Crippen LogP) is 5.05. The quantitative estimate of drug-likeness (QED) is 0.396. The van der Waals surface area contributed by atoms with Crippen molar-refractivity contribution in [2.45, 2.75) is 45.6 Å². The lowest BCUT2D eigenvalue weighted by Crippen LogP contribution is -2.45. The van der Waals surface area contributed by atoms with Crippen molar-refractivity contribution in [2.75, 3.05) is 5.32 Å². The van der Waals surface area contributed by atoms with Gasteiger partial charge in [-0.05, 0) is 36.2 Å². The van der Waals surface area contributed by atoms with E-state index in [2.05, 4.69) is 31.4 Å². The van der Waals surface area contributed by atoms with Gasteiger partial charge in [-0.2, -0.15) is 5.10 Å². The number of carbonyl (C=O) groups excluding carboxylic acids is 2. The molecule has 0 bridgehead atoms. The highest BCUT2D eigenvalue weighted by molar-refractivity contribution is 6.00. The van der Waals surface area contributed by atoms with Gasteiger partial charge in [0.05, 0.1) is 17.6 Å². The van der Waals surface area contributed by atoms with Crippen LogP contribution >= 0.6 is 0 Å². The summed E-state index contributed by atoms with van der Waals surface area (Å²) in [6.07, 6.45) is 1.75. The van der Waals surface area contributed by atoms with E-state index in [9.17, 15) is 9.59 Å². The van der Waals surface area contributed by atoms with Crippen LogP contribution in [0.3, 0.4) is 0 Å². The van der Waals surface area contributed by atoms with E-state index < -0.39 is 11.9 Å². The maximum atomic E-state index is 13.6. The van der Waals surface area contributed by atoms with Crippen LogP contribution in [0.4, 0.5) is 5.82 Å². The number of aryl methyl sites for hydroxylation is 1. The van der Waals surface area contributed by atoms with Crippen LogP contribution in [0.2, 0.25) is 0 Å². The number of anilines is 1. The van der Waals surface area contributed by atoms with Crippen LogP contribution in [0.15, 0.2) is 83.5 Å². The Morgan fingerprint density at radius 3 is 2.37 bits per heavy atom. The second-order valence-corrected chi connectivity index (χ2v) is 9.55. The van der Waals surface area contributed by atoms with Crippen molar-refractivity contribution in [1.82, 2.24) is 15.1 Å². The number of benzene rings is 2. The van der Waals surface area contributed by atoms with Crippen LogP contribution in [0.1, 0.15) is 48.1 Å². The zero-order chi connectivity index (χ0) is 25.0. The summed E-state index contributed by atoms with van der Waals surface area (Å²) in [7, 11) is 0. The molecular weight excluding hydrogens is 440 g/mol. The minimum absolute atomic E-state index is 0.149. The van der Waals surface area contributed by atoms with Gasteiger partial charge >= 0.3 is 0 Å². The van der Waals surface area contributed by atoms with Crippen molar-refractivity contribution < 1.29 is 14.0 Å². The Bertz CT molecular complexity index is 1300. The molecule has 4 aromatic rings. The first-order valence-electron chi connectivity index (χ1n) is 11.6. The minimum atomic E-state index is -0.826. The molecule has 0 aliphatic rings. The Morgan fingerprint density at radius 2 is 1.71 bits per heavy atom. The average Bonchev–Trinajstić information content (AvgIpc) is 3.50. The number of hydrogen-bond acceptors (Lipinski definition) is 4. The van der Waals surface area contributed by atoms with E-state index in [4.69, 9.17) is 9.52 Å².